The summed E-state index contributed by atoms with van der Waals surface area (Å²) in [4.78, 5) is 0. The Kier molecular flexibility index (Phi) is 5.45. The molecular weight excluding hydrogens is 277 g/mol. The highest BCUT2D eigenvalue weighted by molar-refractivity contribution is 5.51. The van der Waals surface area contributed by atoms with Crippen molar-refractivity contribution in [2.75, 3.05) is 0 Å². The summed E-state index contributed by atoms with van der Waals surface area (Å²) >= 11 is 0. The molecule has 0 aliphatic heterocycles. The summed E-state index contributed by atoms with van der Waals surface area (Å²) in [5.74, 6) is 0.710. The largest absolute Gasteiger partial charge is 0.416 e. The average molecular weight is 298 g/mol. The number of aliphatic hydroxyl groups excluding tert-OH is 1. The Bertz CT molecular complexity index is 473. The Labute approximate surface area is 123 Å². The van der Waals surface area contributed by atoms with Crippen molar-refractivity contribution in [1.82, 2.24) is 0 Å². The fraction of sp³-hybridized carbons (Fsp3) is 0.529. The molecule has 0 spiro atoms. The minimum Gasteiger partial charge on any atom is -0.389 e. The Balaban J connectivity index is 1.87. The standard InChI is InChI=1S/C17H21F3O/c18-17(19,20)15-7-3-6-14(12-15)9-11-16(21)10-8-13-4-1-2-5-13/h3,6-7,9,11-13,16,21H,1-2,4-5,8,10H2/b11-9+. The fourth-order valence-electron chi connectivity index (χ4n) is 2.84. The number of benzene rings is 1. The monoisotopic (exact) mass is 298 g/mol. The molecule has 21 heavy (non-hydrogen) atoms. The Hall–Kier alpha value is -1.29. The van der Waals surface area contributed by atoms with Crippen molar-refractivity contribution in [3.63, 3.8) is 0 Å². The van der Waals surface area contributed by atoms with E-state index in [1.54, 1.807) is 18.2 Å². The van der Waals surface area contributed by atoms with Gasteiger partial charge in [-0.3, -0.25) is 0 Å². The molecule has 1 N–H and O–H groups in total. The van der Waals surface area contributed by atoms with Crippen molar-refractivity contribution in [2.45, 2.75) is 50.8 Å². The van der Waals surface area contributed by atoms with Gasteiger partial charge in [0.15, 0.2) is 0 Å². The predicted octanol–water partition coefficient (Wildman–Crippen LogP) is 5.05. The molecule has 1 aromatic rings. The molecule has 0 heterocycles. The summed E-state index contributed by atoms with van der Waals surface area (Å²) in [6.07, 6.45) is 4.95. The third-order valence-corrected chi connectivity index (χ3v) is 4.07. The zero-order valence-corrected chi connectivity index (χ0v) is 11.9. The third kappa shape index (κ3) is 5.20. The lowest BCUT2D eigenvalue weighted by Gasteiger charge is -2.11. The third-order valence-electron chi connectivity index (χ3n) is 4.07. The van der Waals surface area contributed by atoms with Crippen LogP contribution in [0.2, 0.25) is 0 Å². The molecule has 1 aliphatic rings. The molecule has 1 atom stereocenters. The van der Waals surface area contributed by atoms with Crippen LogP contribution in [0, 0.1) is 5.92 Å². The van der Waals surface area contributed by atoms with Crippen LogP contribution in [0.4, 0.5) is 13.2 Å². The molecule has 0 aromatic heterocycles. The molecule has 4 heteroatoms. The molecule has 0 saturated heterocycles. The lowest BCUT2D eigenvalue weighted by Crippen LogP contribution is -2.06. The van der Waals surface area contributed by atoms with E-state index in [1.165, 1.54) is 31.7 Å². The highest BCUT2D eigenvalue weighted by Gasteiger charge is 2.30. The van der Waals surface area contributed by atoms with Crippen LogP contribution in [0.5, 0.6) is 0 Å². The zero-order valence-electron chi connectivity index (χ0n) is 11.9. The van der Waals surface area contributed by atoms with E-state index in [9.17, 15) is 18.3 Å². The number of rotatable bonds is 5. The second-order valence-electron chi connectivity index (χ2n) is 5.78. The van der Waals surface area contributed by atoms with Crippen molar-refractivity contribution in [3.05, 3.63) is 41.5 Å². The van der Waals surface area contributed by atoms with E-state index in [-0.39, 0.29) is 0 Å². The van der Waals surface area contributed by atoms with E-state index in [1.807, 2.05) is 0 Å². The fourth-order valence-corrected chi connectivity index (χ4v) is 2.84. The van der Waals surface area contributed by atoms with Gasteiger partial charge in [0.25, 0.3) is 0 Å². The van der Waals surface area contributed by atoms with E-state index < -0.39 is 17.8 Å². The van der Waals surface area contributed by atoms with Crippen LogP contribution in [0.25, 0.3) is 6.08 Å². The van der Waals surface area contributed by atoms with Gasteiger partial charge in [-0.1, -0.05) is 50.0 Å². The first-order chi connectivity index (χ1) is 9.95. The van der Waals surface area contributed by atoms with Crippen molar-refractivity contribution in [3.8, 4) is 0 Å². The van der Waals surface area contributed by atoms with Crippen LogP contribution in [0.3, 0.4) is 0 Å². The van der Waals surface area contributed by atoms with Gasteiger partial charge in [-0.05, 0) is 36.5 Å². The van der Waals surface area contributed by atoms with Gasteiger partial charge in [0.05, 0.1) is 11.7 Å². The summed E-state index contributed by atoms with van der Waals surface area (Å²) in [5.41, 5.74) is -0.199. The van der Waals surface area contributed by atoms with Gasteiger partial charge in [-0.15, -0.1) is 0 Å². The second-order valence-corrected chi connectivity index (χ2v) is 5.78. The van der Waals surface area contributed by atoms with E-state index in [0.717, 1.165) is 18.6 Å². The summed E-state index contributed by atoms with van der Waals surface area (Å²) in [6.45, 7) is 0. The smallest absolute Gasteiger partial charge is 0.389 e. The molecule has 0 bridgehead atoms. The lowest BCUT2D eigenvalue weighted by atomic mass is 9.99. The number of hydrogen-bond donors (Lipinski definition) is 1. The Morgan fingerprint density at radius 2 is 1.95 bits per heavy atom. The van der Waals surface area contributed by atoms with Gasteiger partial charge in [0.2, 0.25) is 0 Å². The van der Waals surface area contributed by atoms with Crippen LogP contribution >= 0.6 is 0 Å². The molecule has 0 radical (unpaired) electrons. The summed E-state index contributed by atoms with van der Waals surface area (Å²) < 4.78 is 37.8. The molecule has 1 unspecified atom stereocenters. The van der Waals surface area contributed by atoms with Crippen LogP contribution < -0.4 is 0 Å². The van der Waals surface area contributed by atoms with Gasteiger partial charge in [-0.25, -0.2) is 0 Å². The minimum atomic E-state index is -4.33. The quantitative estimate of drug-likeness (QED) is 0.806. The molecule has 1 aliphatic carbocycles. The maximum Gasteiger partial charge on any atom is 0.416 e. The van der Waals surface area contributed by atoms with Crippen LogP contribution in [0.1, 0.15) is 49.7 Å². The first-order valence-corrected chi connectivity index (χ1v) is 7.48. The van der Waals surface area contributed by atoms with E-state index in [4.69, 9.17) is 0 Å². The minimum absolute atomic E-state index is 0.463. The Morgan fingerprint density at radius 3 is 2.62 bits per heavy atom. The first-order valence-electron chi connectivity index (χ1n) is 7.48. The normalized spacial score (nSPS) is 18.5. The molecule has 1 saturated carbocycles. The molecule has 1 nitrogen and oxygen atoms in total. The summed E-state index contributed by atoms with van der Waals surface area (Å²) in [5, 5.41) is 9.89. The van der Waals surface area contributed by atoms with Crippen LogP contribution in [-0.2, 0) is 6.18 Å². The molecular formula is C17H21F3O. The molecule has 1 aromatic carbocycles. The topological polar surface area (TPSA) is 20.2 Å². The van der Waals surface area contributed by atoms with E-state index >= 15 is 0 Å². The number of aliphatic hydroxyl groups is 1. The zero-order chi connectivity index (χ0) is 15.3. The number of hydrogen-bond acceptors (Lipinski definition) is 1. The van der Waals surface area contributed by atoms with Gasteiger partial charge < -0.3 is 5.11 Å². The molecule has 2 rings (SSSR count). The van der Waals surface area contributed by atoms with Gasteiger partial charge >= 0.3 is 6.18 Å². The first kappa shape index (κ1) is 16.1. The second kappa shape index (κ2) is 7.12. The van der Waals surface area contributed by atoms with Crippen molar-refractivity contribution >= 4 is 6.08 Å². The lowest BCUT2D eigenvalue weighted by molar-refractivity contribution is -0.137. The van der Waals surface area contributed by atoms with Gasteiger partial charge in [0, 0.05) is 0 Å². The van der Waals surface area contributed by atoms with Crippen molar-refractivity contribution in [1.29, 1.82) is 0 Å². The average Bonchev–Trinajstić information content (AvgIpc) is 2.95. The SMILES string of the molecule is OC(/C=C/c1cccc(C(F)(F)F)c1)CCC1CCCC1. The summed E-state index contributed by atoms with van der Waals surface area (Å²) in [7, 11) is 0. The Morgan fingerprint density at radius 1 is 1.24 bits per heavy atom. The van der Waals surface area contributed by atoms with Gasteiger partial charge in [-0.2, -0.15) is 13.2 Å². The highest BCUT2D eigenvalue weighted by atomic mass is 19.4. The van der Waals surface area contributed by atoms with Crippen molar-refractivity contribution in [2.24, 2.45) is 5.92 Å². The maximum absolute atomic E-state index is 12.6. The van der Waals surface area contributed by atoms with Crippen LogP contribution in [0.15, 0.2) is 30.3 Å². The van der Waals surface area contributed by atoms with E-state index in [0.29, 0.717) is 17.9 Å². The van der Waals surface area contributed by atoms with Crippen LogP contribution in [-0.4, -0.2) is 11.2 Å². The maximum atomic E-state index is 12.6. The number of halogens is 3. The molecule has 116 valence electrons. The number of alkyl halides is 3. The van der Waals surface area contributed by atoms with Crippen molar-refractivity contribution < 1.29 is 18.3 Å². The molecule has 1 fully saturated rings. The predicted molar refractivity (Wildman–Crippen MR) is 77.7 cm³/mol. The molecule has 0 amide bonds. The van der Waals surface area contributed by atoms with Gasteiger partial charge in [0.1, 0.15) is 0 Å². The summed E-state index contributed by atoms with van der Waals surface area (Å²) in [6, 6.07) is 5.14. The highest BCUT2D eigenvalue weighted by Crippen LogP contribution is 2.30. The van der Waals surface area contributed by atoms with E-state index in [2.05, 4.69) is 0 Å².